The van der Waals surface area contributed by atoms with Crippen LogP contribution in [0, 0.1) is 17.0 Å². The third-order valence-corrected chi connectivity index (χ3v) is 3.19. The zero-order valence-electron chi connectivity index (χ0n) is 11.4. The van der Waals surface area contributed by atoms with Crippen LogP contribution in [-0.2, 0) is 0 Å². The lowest BCUT2D eigenvalue weighted by molar-refractivity contribution is -0.384. The van der Waals surface area contributed by atoms with E-state index in [1.807, 2.05) is 6.92 Å². The monoisotopic (exact) mass is 308 g/mol. The van der Waals surface area contributed by atoms with Crippen LogP contribution in [0.3, 0.4) is 0 Å². The Morgan fingerprint density at radius 1 is 1.38 bits per heavy atom. The van der Waals surface area contributed by atoms with Crippen LogP contribution in [0.15, 0.2) is 24.3 Å². The number of anilines is 3. The number of aryl methyl sites for hydroxylation is 1. The molecule has 1 aromatic carbocycles. The number of nitrogens with one attached hydrogen (secondary N) is 1. The number of nitrogens with two attached hydrogens (primary N) is 1. The molecule has 1 aromatic heterocycles. The van der Waals surface area contributed by atoms with Crippen molar-refractivity contribution in [1.82, 2.24) is 4.98 Å². The van der Waals surface area contributed by atoms with Gasteiger partial charge in [0, 0.05) is 11.1 Å². The molecule has 21 heavy (non-hydrogen) atoms. The van der Waals surface area contributed by atoms with Gasteiger partial charge in [0.2, 0.25) is 0 Å². The third kappa shape index (κ3) is 3.32. The van der Waals surface area contributed by atoms with E-state index in [-0.39, 0.29) is 17.3 Å². The highest BCUT2D eigenvalue weighted by molar-refractivity contribution is 6.31. The summed E-state index contributed by atoms with van der Waals surface area (Å²) >= 11 is 6.03. The number of ether oxygens (including phenoxy) is 1. The predicted molar refractivity (Wildman–Crippen MR) is 81.3 cm³/mol. The van der Waals surface area contributed by atoms with E-state index in [0.717, 1.165) is 5.56 Å². The summed E-state index contributed by atoms with van der Waals surface area (Å²) < 4.78 is 5.22. The third-order valence-electron chi connectivity index (χ3n) is 2.78. The van der Waals surface area contributed by atoms with Gasteiger partial charge < -0.3 is 15.8 Å². The molecule has 0 spiro atoms. The molecule has 2 aromatic rings. The Morgan fingerprint density at radius 3 is 2.71 bits per heavy atom. The molecule has 0 aliphatic heterocycles. The molecule has 0 unspecified atom stereocenters. The van der Waals surface area contributed by atoms with E-state index in [1.54, 1.807) is 12.1 Å². The SMILES string of the molecule is COc1cc(Cl)c(C)cc1Nc1cc([N+](=O)[O-])cc(N)n1. The standard InChI is InChI=1S/C13H13ClN4O3/c1-7-3-10(11(21-2)6-9(7)14)16-13-5-8(18(19)20)4-12(15)17-13/h3-6H,1-2H3,(H3,15,16,17). The van der Waals surface area contributed by atoms with Gasteiger partial charge in [0.1, 0.15) is 17.4 Å². The first-order valence-electron chi connectivity index (χ1n) is 5.94. The minimum absolute atomic E-state index is 0.0522. The average Bonchev–Trinajstić information content (AvgIpc) is 2.42. The molecule has 110 valence electrons. The van der Waals surface area contributed by atoms with E-state index in [4.69, 9.17) is 22.1 Å². The number of rotatable bonds is 4. The van der Waals surface area contributed by atoms with E-state index < -0.39 is 4.92 Å². The Morgan fingerprint density at radius 2 is 2.10 bits per heavy atom. The van der Waals surface area contributed by atoms with Gasteiger partial charge in [-0.2, -0.15) is 0 Å². The highest BCUT2D eigenvalue weighted by Gasteiger charge is 2.12. The van der Waals surface area contributed by atoms with Gasteiger partial charge in [-0.1, -0.05) is 11.6 Å². The minimum Gasteiger partial charge on any atom is -0.495 e. The number of halogens is 1. The summed E-state index contributed by atoms with van der Waals surface area (Å²) in [5.74, 6) is 0.801. The van der Waals surface area contributed by atoms with Crippen LogP contribution in [0.25, 0.3) is 0 Å². The minimum atomic E-state index is -0.534. The number of methoxy groups -OCH3 is 1. The smallest absolute Gasteiger partial charge is 0.276 e. The maximum Gasteiger partial charge on any atom is 0.276 e. The Balaban J connectivity index is 2.42. The molecule has 8 heteroatoms. The lowest BCUT2D eigenvalue weighted by Gasteiger charge is -2.12. The number of nitrogens with zero attached hydrogens (tertiary/aromatic N) is 2. The molecule has 0 aliphatic carbocycles. The van der Waals surface area contributed by atoms with Crippen molar-refractivity contribution in [2.24, 2.45) is 0 Å². The lowest BCUT2D eigenvalue weighted by atomic mass is 10.2. The Hall–Kier alpha value is -2.54. The first-order chi connectivity index (χ1) is 9.90. The van der Waals surface area contributed by atoms with Gasteiger partial charge in [0.05, 0.1) is 29.9 Å². The molecule has 0 saturated heterocycles. The second-order valence-electron chi connectivity index (χ2n) is 4.32. The molecule has 0 amide bonds. The molecule has 0 aliphatic rings. The zero-order valence-corrected chi connectivity index (χ0v) is 12.1. The topological polar surface area (TPSA) is 103 Å². The van der Waals surface area contributed by atoms with Crippen molar-refractivity contribution in [1.29, 1.82) is 0 Å². The van der Waals surface area contributed by atoms with Crippen molar-refractivity contribution in [2.75, 3.05) is 18.2 Å². The molecule has 0 saturated carbocycles. The van der Waals surface area contributed by atoms with Gasteiger partial charge in [-0.25, -0.2) is 4.98 Å². The van der Waals surface area contributed by atoms with Crippen LogP contribution < -0.4 is 15.8 Å². The van der Waals surface area contributed by atoms with Crippen molar-refractivity contribution in [2.45, 2.75) is 6.92 Å². The average molecular weight is 309 g/mol. The highest BCUT2D eigenvalue weighted by atomic mass is 35.5. The number of aromatic nitrogens is 1. The van der Waals surface area contributed by atoms with Crippen molar-refractivity contribution in [3.05, 3.63) is 45.0 Å². The number of benzene rings is 1. The van der Waals surface area contributed by atoms with E-state index in [9.17, 15) is 10.1 Å². The van der Waals surface area contributed by atoms with Crippen LogP contribution in [0.5, 0.6) is 5.75 Å². The largest absolute Gasteiger partial charge is 0.495 e. The number of hydrogen-bond donors (Lipinski definition) is 2. The normalized spacial score (nSPS) is 10.2. The maximum absolute atomic E-state index is 10.8. The number of pyridine rings is 1. The molecular weight excluding hydrogens is 296 g/mol. The zero-order chi connectivity index (χ0) is 15.6. The molecule has 0 bridgehead atoms. The summed E-state index contributed by atoms with van der Waals surface area (Å²) in [6.45, 7) is 1.84. The van der Waals surface area contributed by atoms with Crippen molar-refractivity contribution < 1.29 is 9.66 Å². The van der Waals surface area contributed by atoms with Crippen molar-refractivity contribution in [3.8, 4) is 5.75 Å². The number of nitro groups is 1. The van der Waals surface area contributed by atoms with E-state index in [2.05, 4.69) is 10.3 Å². The molecule has 7 nitrogen and oxygen atoms in total. The predicted octanol–water partition coefficient (Wildman–Crippen LogP) is 3.29. The lowest BCUT2D eigenvalue weighted by Crippen LogP contribution is -2.01. The fourth-order valence-electron chi connectivity index (χ4n) is 1.77. The molecule has 0 atom stereocenters. The molecule has 1 heterocycles. The van der Waals surface area contributed by atoms with Gasteiger partial charge >= 0.3 is 0 Å². The summed E-state index contributed by atoms with van der Waals surface area (Å²) in [6.07, 6.45) is 0. The second-order valence-corrected chi connectivity index (χ2v) is 4.73. The van der Waals surface area contributed by atoms with E-state index in [1.165, 1.54) is 19.2 Å². The maximum atomic E-state index is 10.8. The summed E-state index contributed by atoms with van der Waals surface area (Å²) in [4.78, 5) is 14.3. The Kier molecular flexibility index (Phi) is 4.13. The van der Waals surface area contributed by atoms with Crippen LogP contribution in [-0.4, -0.2) is 17.0 Å². The number of hydrogen-bond acceptors (Lipinski definition) is 6. The first kappa shape index (κ1) is 14.9. The molecule has 0 fully saturated rings. The second kappa shape index (κ2) is 5.84. The highest BCUT2D eigenvalue weighted by Crippen LogP contribution is 2.33. The Labute approximate surface area is 125 Å². The van der Waals surface area contributed by atoms with Gasteiger partial charge in [0.25, 0.3) is 5.69 Å². The summed E-state index contributed by atoms with van der Waals surface area (Å²) in [7, 11) is 1.50. The van der Waals surface area contributed by atoms with Crippen LogP contribution >= 0.6 is 11.6 Å². The fourth-order valence-corrected chi connectivity index (χ4v) is 1.93. The quantitative estimate of drug-likeness (QED) is 0.663. The molecule has 3 N–H and O–H groups in total. The van der Waals surface area contributed by atoms with Gasteiger partial charge in [-0.05, 0) is 18.6 Å². The molecule has 2 rings (SSSR count). The van der Waals surface area contributed by atoms with E-state index >= 15 is 0 Å². The van der Waals surface area contributed by atoms with Crippen LogP contribution in [0.1, 0.15) is 5.56 Å². The molecular formula is C13H13ClN4O3. The van der Waals surface area contributed by atoms with Crippen molar-refractivity contribution >= 4 is 34.6 Å². The number of nitrogen functional groups attached to an aromatic ring is 1. The van der Waals surface area contributed by atoms with Crippen molar-refractivity contribution in [3.63, 3.8) is 0 Å². The van der Waals surface area contributed by atoms with Gasteiger partial charge in [-0.15, -0.1) is 0 Å². The summed E-state index contributed by atoms with van der Waals surface area (Å²) in [5, 5.41) is 14.3. The summed E-state index contributed by atoms with van der Waals surface area (Å²) in [6, 6.07) is 5.90. The Bertz CT molecular complexity index is 706. The molecule has 0 radical (unpaired) electrons. The first-order valence-corrected chi connectivity index (χ1v) is 6.31. The van der Waals surface area contributed by atoms with Crippen LogP contribution in [0.2, 0.25) is 5.02 Å². The van der Waals surface area contributed by atoms with E-state index in [0.29, 0.717) is 16.5 Å². The van der Waals surface area contributed by atoms with Crippen LogP contribution in [0.4, 0.5) is 23.0 Å². The van der Waals surface area contributed by atoms with Gasteiger partial charge in [-0.3, -0.25) is 10.1 Å². The fraction of sp³-hybridized carbons (Fsp3) is 0.154. The summed E-state index contributed by atoms with van der Waals surface area (Å²) in [5.41, 5.74) is 6.85. The van der Waals surface area contributed by atoms with Gasteiger partial charge in [0.15, 0.2) is 0 Å².